The molecule has 5 nitrogen and oxygen atoms in total. The quantitative estimate of drug-likeness (QED) is 0.666. The monoisotopic (exact) mass is 378 g/mol. The average Bonchev–Trinajstić information content (AvgIpc) is 3.20. The highest BCUT2D eigenvalue weighted by Crippen LogP contribution is 2.42. The number of benzene rings is 1. The second kappa shape index (κ2) is 7.04. The van der Waals surface area contributed by atoms with Crippen molar-refractivity contribution in [2.45, 2.75) is 25.9 Å². The summed E-state index contributed by atoms with van der Waals surface area (Å²) in [5.41, 5.74) is 5.48. The predicted octanol–water partition coefficient (Wildman–Crippen LogP) is 4.21. The van der Waals surface area contributed by atoms with E-state index in [-0.39, 0.29) is 12.1 Å². The fourth-order valence-corrected chi connectivity index (χ4v) is 4.09. The molecule has 0 aliphatic carbocycles. The summed E-state index contributed by atoms with van der Waals surface area (Å²) in [7, 11) is 1.67. The van der Waals surface area contributed by atoms with Crippen LogP contribution in [0.15, 0.2) is 54.7 Å². The van der Waals surface area contributed by atoms with E-state index in [0.29, 0.717) is 5.11 Å². The van der Waals surface area contributed by atoms with Gasteiger partial charge in [0.2, 0.25) is 0 Å². The van der Waals surface area contributed by atoms with Crippen molar-refractivity contribution in [3.63, 3.8) is 0 Å². The van der Waals surface area contributed by atoms with Gasteiger partial charge in [0, 0.05) is 23.3 Å². The van der Waals surface area contributed by atoms with Gasteiger partial charge in [-0.3, -0.25) is 4.98 Å². The largest absolute Gasteiger partial charge is 0.497 e. The fraction of sp³-hybridized carbons (Fsp3) is 0.238. The van der Waals surface area contributed by atoms with Gasteiger partial charge in [-0.25, -0.2) is 0 Å². The lowest BCUT2D eigenvalue weighted by Crippen LogP contribution is -2.29. The number of thiocarbonyl (C=S) groups is 1. The van der Waals surface area contributed by atoms with Crippen molar-refractivity contribution in [1.82, 2.24) is 15.3 Å². The van der Waals surface area contributed by atoms with Crippen LogP contribution in [0.2, 0.25) is 0 Å². The van der Waals surface area contributed by atoms with Crippen molar-refractivity contribution in [3.05, 3.63) is 77.4 Å². The molecular weight excluding hydrogens is 356 g/mol. The SMILES string of the molecule is COc1ccc(N2C(=S)N[C@H](c3ccccn3)[C@@H]2c2cc(C)[nH]c2C)cc1. The molecule has 6 heteroatoms. The van der Waals surface area contributed by atoms with E-state index in [1.54, 1.807) is 7.11 Å². The first-order valence-electron chi connectivity index (χ1n) is 8.89. The van der Waals surface area contributed by atoms with Crippen LogP contribution in [0.25, 0.3) is 0 Å². The zero-order valence-corrected chi connectivity index (χ0v) is 16.4. The minimum absolute atomic E-state index is 0.00532. The highest BCUT2D eigenvalue weighted by Gasteiger charge is 2.41. The van der Waals surface area contributed by atoms with Crippen LogP contribution >= 0.6 is 12.2 Å². The second-order valence-corrected chi connectivity index (χ2v) is 7.11. The Balaban J connectivity index is 1.83. The topological polar surface area (TPSA) is 53.2 Å². The highest BCUT2D eigenvalue weighted by atomic mass is 32.1. The first-order valence-corrected chi connectivity index (χ1v) is 9.30. The number of pyridine rings is 1. The maximum Gasteiger partial charge on any atom is 0.174 e. The van der Waals surface area contributed by atoms with Gasteiger partial charge in [0.1, 0.15) is 5.75 Å². The van der Waals surface area contributed by atoms with Crippen molar-refractivity contribution in [2.24, 2.45) is 0 Å². The number of hydrogen-bond donors (Lipinski definition) is 2. The van der Waals surface area contributed by atoms with Crippen molar-refractivity contribution < 1.29 is 4.74 Å². The maximum absolute atomic E-state index is 5.73. The molecular formula is C21H22N4OS. The Morgan fingerprint density at radius 1 is 1.11 bits per heavy atom. The van der Waals surface area contributed by atoms with Gasteiger partial charge >= 0.3 is 0 Å². The van der Waals surface area contributed by atoms with E-state index in [0.717, 1.165) is 28.5 Å². The van der Waals surface area contributed by atoms with Crippen LogP contribution in [0.3, 0.4) is 0 Å². The van der Waals surface area contributed by atoms with Gasteiger partial charge in [-0.15, -0.1) is 0 Å². The molecule has 4 rings (SSSR count). The Labute approximate surface area is 164 Å². The molecule has 0 unspecified atom stereocenters. The summed E-state index contributed by atoms with van der Waals surface area (Å²) in [4.78, 5) is 10.2. The summed E-state index contributed by atoms with van der Waals surface area (Å²) in [5.74, 6) is 0.823. The number of anilines is 1. The van der Waals surface area contributed by atoms with Gasteiger partial charge in [0.25, 0.3) is 0 Å². The summed E-state index contributed by atoms with van der Waals surface area (Å²) in [5, 5.41) is 4.18. The van der Waals surface area contributed by atoms with E-state index >= 15 is 0 Å². The van der Waals surface area contributed by atoms with Crippen molar-refractivity contribution in [1.29, 1.82) is 0 Å². The van der Waals surface area contributed by atoms with Crippen LogP contribution in [0.1, 0.15) is 34.7 Å². The zero-order valence-electron chi connectivity index (χ0n) is 15.6. The third-order valence-electron chi connectivity index (χ3n) is 4.96. The first kappa shape index (κ1) is 17.5. The molecule has 1 aliphatic heterocycles. The van der Waals surface area contributed by atoms with Crippen LogP contribution in [0, 0.1) is 13.8 Å². The van der Waals surface area contributed by atoms with Crippen molar-refractivity contribution in [3.8, 4) is 5.75 Å². The number of nitrogens with zero attached hydrogens (tertiary/aromatic N) is 2. The molecule has 2 aromatic heterocycles. The summed E-state index contributed by atoms with van der Waals surface area (Å²) in [6.45, 7) is 4.18. The van der Waals surface area contributed by atoms with E-state index < -0.39 is 0 Å². The number of methoxy groups -OCH3 is 1. The van der Waals surface area contributed by atoms with Gasteiger partial charge in [-0.1, -0.05) is 6.07 Å². The first-order chi connectivity index (χ1) is 13.1. The average molecular weight is 379 g/mol. The molecule has 1 aromatic carbocycles. The third kappa shape index (κ3) is 3.17. The second-order valence-electron chi connectivity index (χ2n) is 6.73. The van der Waals surface area contributed by atoms with Crippen LogP contribution < -0.4 is 15.0 Å². The lowest BCUT2D eigenvalue weighted by Gasteiger charge is -2.28. The Hall–Kier alpha value is -2.86. The molecule has 2 N–H and O–H groups in total. The lowest BCUT2D eigenvalue weighted by atomic mass is 9.96. The van der Waals surface area contributed by atoms with Gasteiger partial charge in [-0.2, -0.15) is 0 Å². The Morgan fingerprint density at radius 3 is 2.48 bits per heavy atom. The molecule has 0 spiro atoms. The molecule has 0 amide bonds. The van der Waals surface area contributed by atoms with Crippen LogP contribution in [-0.2, 0) is 0 Å². The van der Waals surface area contributed by atoms with E-state index in [9.17, 15) is 0 Å². The normalized spacial score (nSPS) is 19.2. The number of ether oxygens (including phenoxy) is 1. The van der Waals surface area contributed by atoms with Crippen molar-refractivity contribution >= 4 is 23.0 Å². The van der Waals surface area contributed by atoms with Crippen LogP contribution in [0.5, 0.6) is 5.75 Å². The number of aromatic nitrogens is 2. The number of H-pyrrole nitrogens is 1. The number of hydrogen-bond acceptors (Lipinski definition) is 3. The molecule has 0 saturated carbocycles. The fourth-order valence-electron chi connectivity index (χ4n) is 3.74. The summed E-state index contributed by atoms with van der Waals surface area (Å²) in [6.07, 6.45) is 1.82. The Kier molecular flexibility index (Phi) is 4.58. The lowest BCUT2D eigenvalue weighted by molar-refractivity contribution is 0.415. The maximum atomic E-state index is 5.73. The number of nitrogens with one attached hydrogen (secondary N) is 2. The van der Waals surface area contributed by atoms with E-state index in [2.05, 4.69) is 40.1 Å². The smallest absolute Gasteiger partial charge is 0.174 e. The van der Waals surface area contributed by atoms with E-state index in [4.69, 9.17) is 17.0 Å². The molecule has 3 heterocycles. The predicted molar refractivity (Wildman–Crippen MR) is 111 cm³/mol. The minimum Gasteiger partial charge on any atom is -0.497 e. The summed E-state index contributed by atoms with van der Waals surface area (Å²) >= 11 is 5.73. The van der Waals surface area contributed by atoms with Crippen LogP contribution in [-0.4, -0.2) is 22.2 Å². The third-order valence-corrected chi connectivity index (χ3v) is 5.27. The number of rotatable bonds is 4. The zero-order chi connectivity index (χ0) is 19.0. The molecule has 1 fully saturated rings. The highest BCUT2D eigenvalue weighted by molar-refractivity contribution is 7.80. The van der Waals surface area contributed by atoms with E-state index in [1.165, 1.54) is 5.56 Å². The number of aryl methyl sites for hydroxylation is 2. The van der Waals surface area contributed by atoms with Crippen molar-refractivity contribution in [2.75, 3.05) is 12.0 Å². The molecule has 138 valence electrons. The van der Waals surface area contributed by atoms with Gasteiger partial charge in [0.15, 0.2) is 5.11 Å². The van der Waals surface area contributed by atoms with Gasteiger partial charge < -0.3 is 19.9 Å². The van der Waals surface area contributed by atoms with Crippen LogP contribution in [0.4, 0.5) is 5.69 Å². The number of aromatic amines is 1. The molecule has 2 atom stereocenters. The molecule has 0 bridgehead atoms. The summed E-state index contributed by atoms with van der Waals surface area (Å²) < 4.78 is 5.30. The molecule has 1 aliphatic rings. The Bertz CT molecular complexity index is 952. The molecule has 1 saturated heterocycles. The standard InChI is InChI=1S/C21H22N4OS/c1-13-12-17(14(2)23-13)20-19(18-6-4-5-11-22-18)24-21(27)25(20)15-7-9-16(26-3)10-8-15/h4-12,19-20,23H,1-3H3,(H,24,27)/t19-,20+/m1/s1. The van der Waals surface area contributed by atoms with Gasteiger partial charge in [-0.05, 0) is 74.1 Å². The van der Waals surface area contributed by atoms with Gasteiger partial charge in [0.05, 0.1) is 24.9 Å². The van der Waals surface area contributed by atoms with E-state index in [1.807, 2.05) is 48.7 Å². The summed E-state index contributed by atoms with van der Waals surface area (Å²) in [6, 6.07) is 16.1. The molecule has 0 radical (unpaired) electrons. The minimum atomic E-state index is -0.0327. The molecule has 27 heavy (non-hydrogen) atoms. The Morgan fingerprint density at radius 2 is 1.89 bits per heavy atom. The molecule has 3 aromatic rings.